The third-order valence-corrected chi connectivity index (χ3v) is 7.24. The molecule has 8 nitrogen and oxygen atoms in total. The zero-order valence-corrected chi connectivity index (χ0v) is 23.1. The van der Waals surface area contributed by atoms with Crippen LogP contribution in [0.1, 0.15) is 73.6 Å². The Kier molecular flexibility index (Phi) is 12.5. The molecule has 10 unspecified atom stereocenters. The van der Waals surface area contributed by atoms with Crippen LogP contribution in [0.4, 0.5) is 0 Å². The summed E-state index contributed by atoms with van der Waals surface area (Å²) in [5.74, 6) is -0.887. The maximum Gasteiger partial charge on any atom is 0.309 e. The molecule has 1 fully saturated rings. The van der Waals surface area contributed by atoms with E-state index in [1.807, 2.05) is 39.8 Å². The van der Waals surface area contributed by atoms with Crippen LogP contribution in [0.15, 0.2) is 36.0 Å². The summed E-state index contributed by atoms with van der Waals surface area (Å²) in [6, 6.07) is 0. The number of epoxide rings is 1. The minimum atomic E-state index is -0.986. The van der Waals surface area contributed by atoms with Crippen LogP contribution in [0.5, 0.6) is 0 Å². The van der Waals surface area contributed by atoms with Crippen LogP contribution in [0.3, 0.4) is 0 Å². The minimum Gasteiger partial charge on any atom is -0.457 e. The molecule has 2 aliphatic rings. The van der Waals surface area contributed by atoms with Gasteiger partial charge in [0.25, 0.3) is 0 Å². The molecule has 0 aliphatic carbocycles. The molecule has 3 N–H and O–H groups in total. The zero-order chi connectivity index (χ0) is 27.7. The van der Waals surface area contributed by atoms with E-state index in [0.717, 1.165) is 18.4 Å². The van der Waals surface area contributed by atoms with Crippen molar-refractivity contribution in [2.24, 2.45) is 17.8 Å². The summed E-state index contributed by atoms with van der Waals surface area (Å²) in [7, 11) is 0. The summed E-state index contributed by atoms with van der Waals surface area (Å²) in [6.45, 7) is 11.2. The summed E-state index contributed by atoms with van der Waals surface area (Å²) in [5, 5.41) is 30.7. The topological polar surface area (TPSA) is 126 Å². The van der Waals surface area contributed by atoms with E-state index in [2.05, 4.69) is 13.0 Å². The molecule has 10 atom stereocenters. The molecule has 0 radical (unpaired) electrons. The fourth-order valence-electron chi connectivity index (χ4n) is 4.79. The van der Waals surface area contributed by atoms with Crippen LogP contribution in [-0.4, -0.2) is 70.0 Å². The number of carbonyl (C=O) groups excluding carboxylic acids is 2. The van der Waals surface area contributed by atoms with Gasteiger partial charge in [-0.2, -0.15) is 0 Å². The van der Waals surface area contributed by atoms with Gasteiger partial charge in [0.15, 0.2) is 0 Å². The van der Waals surface area contributed by atoms with E-state index in [0.29, 0.717) is 0 Å². The predicted octanol–water partition coefficient (Wildman–Crippen LogP) is 3.63. The summed E-state index contributed by atoms with van der Waals surface area (Å²) < 4.78 is 16.8. The average molecular weight is 523 g/mol. The van der Waals surface area contributed by atoms with Gasteiger partial charge in [-0.25, -0.2) is 0 Å². The first kappa shape index (κ1) is 31.2. The van der Waals surface area contributed by atoms with Gasteiger partial charge in [0.2, 0.25) is 0 Å². The van der Waals surface area contributed by atoms with Gasteiger partial charge < -0.3 is 29.5 Å². The molecule has 37 heavy (non-hydrogen) atoms. The number of hydrogen-bond acceptors (Lipinski definition) is 8. The molecule has 0 bridgehead atoms. The first-order valence-corrected chi connectivity index (χ1v) is 13.5. The SMILES string of the molecule is CCC(O)C(C)C1OC1CC(C)/C=C/C=C(\C)C1OC(=O)CC(O)CCC(O)C(OC(C)=O)/C=C\C1C. The van der Waals surface area contributed by atoms with E-state index >= 15 is 0 Å². The number of rotatable bonds is 9. The van der Waals surface area contributed by atoms with Gasteiger partial charge in [-0.3, -0.25) is 9.59 Å². The van der Waals surface area contributed by atoms with Crippen LogP contribution in [-0.2, 0) is 23.8 Å². The molecule has 0 aromatic carbocycles. The lowest BCUT2D eigenvalue weighted by Gasteiger charge is -2.26. The molecule has 0 aromatic rings. The summed E-state index contributed by atoms with van der Waals surface area (Å²) in [5.41, 5.74) is 0.824. The highest BCUT2D eigenvalue weighted by molar-refractivity contribution is 5.70. The van der Waals surface area contributed by atoms with Crippen LogP contribution in [0.25, 0.3) is 0 Å². The monoisotopic (exact) mass is 522 g/mol. The van der Waals surface area contributed by atoms with Gasteiger partial charge in [0.05, 0.1) is 36.9 Å². The maximum absolute atomic E-state index is 12.5. The van der Waals surface area contributed by atoms with Crippen molar-refractivity contribution in [3.05, 3.63) is 36.0 Å². The van der Waals surface area contributed by atoms with Crippen LogP contribution < -0.4 is 0 Å². The molecule has 0 aromatic heterocycles. The molecule has 2 heterocycles. The highest BCUT2D eigenvalue weighted by atomic mass is 16.6. The molecule has 0 spiro atoms. The minimum absolute atomic E-state index is 0.107. The van der Waals surface area contributed by atoms with Gasteiger partial charge in [0.1, 0.15) is 12.2 Å². The number of ether oxygens (including phenoxy) is 3. The van der Waals surface area contributed by atoms with Crippen molar-refractivity contribution in [2.75, 3.05) is 0 Å². The summed E-state index contributed by atoms with van der Waals surface area (Å²) >= 11 is 0. The van der Waals surface area contributed by atoms with Gasteiger partial charge in [0, 0.05) is 18.8 Å². The highest BCUT2D eigenvalue weighted by Crippen LogP contribution is 2.36. The Labute approximate surface area is 221 Å². The van der Waals surface area contributed by atoms with Crippen molar-refractivity contribution in [2.45, 2.75) is 116 Å². The fraction of sp³-hybridized carbons (Fsp3) is 0.724. The summed E-state index contributed by atoms with van der Waals surface area (Å²) in [4.78, 5) is 24.0. The van der Waals surface area contributed by atoms with Crippen LogP contribution >= 0.6 is 0 Å². The van der Waals surface area contributed by atoms with Crippen molar-refractivity contribution >= 4 is 11.9 Å². The fourth-order valence-corrected chi connectivity index (χ4v) is 4.79. The Morgan fingerprint density at radius 2 is 1.92 bits per heavy atom. The number of carbonyl (C=O) groups is 2. The van der Waals surface area contributed by atoms with E-state index in [-0.39, 0.29) is 55.3 Å². The van der Waals surface area contributed by atoms with Gasteiger partial charge in [-0.05, 0) is 50.2 Å². The third-order valence-electron chi connectivity index (χ3n) is 7.24. The van der Waals surface area contributed by atoms with Crippen LogP contribution in [0, 0.1) is 17.8 Å². The number of hydrogen-bond donors (Lipinski definition) is 3. The van der Waals surface area contributed by atoms with Gasteiger partial charge in [-0.1, -0.05) is 52.0 Å². The predicted molar refractivity (Wildman–Crippen MR) is 140 cm³/mol. The first-order chi connectivity index (χ1) is 17.4. The van der Waals surface area contributed by atoms with E-state index in [4.69, 9.17) is 14.2 Å². The molecule has 1 saturated heterocycles. The number of aliphatic hydroxyl groups is 3. The van der Waals surface area contributed by atoms with E-state index in [1.54, 1.807) is 12.2 Å². The lowest BCUT2D eigenvalue weighted by molar-refractivity contribution is -0.151. The zero-order valence-electron chi connectivity index (χ0n) is 23.1. The largest absolute Gasteiger partial charge is 0.457 e. The lowest BCUT2D eigenvalue weighted by atomic mass is 9.93. The van der Waals surface area contributed by atoms with Crippen molar-refractivity contribution < 1.29 is 39.1 Å². The number of allylic oxidation sites excluding steroid dienone is 3. The highest BCUT2D eigenvalue weighted by Gasteiger charge is 2.44. The average Bonchev–Trinajstić information content (AvgIpc) is 3.60. The third kappa shape index (κ3) is 10.3. The second-order valence-electron chi connectivity index (χ2n) is 10.7. The van der Waals surface area contributed by atoms with Crippen molar-refractivity contribution in [1.29, 1.82) is 0 Å². The number of aliphatic hydroxyl groups excluding tert-OH is 3. The maximum atomic E-state index is 12.5. The van der Waals surface area contributed by atoms with Gasteiger partial charge >= 0.3 is 11.9 Å². The normalized spacial score (nSPS) is 35.0. The molecule has 8 heteroatoms. The smallest absolute Gasteiger partial charge is 0.309 e. The van der Waals surface area contributed by atoms with E-state index in [1.165, 1.54) is 6.92 Å². The Balaban J connectivity index is 2.08. The second kappa shape index (κ2) is 14.8. The quantitative estimate of drug-likeness (QED) is 0.181. The van der Waals surface area contributed by atoms with Crippen molar-refractivity contribution in [3.8, 4) is 0 Å². The van der Waals surface area contributed by atoms with Crippen molar-refractivity contribution in [3.63, 3.8) is 0 Å². The number of esters is 2. The molecule has 2 rings (SSSR count). The molecule has 0 amide bonds. The Morgan fingerprint density at radius 3 is 2.57 bits per heavy atom. The van der Waals surface area contributed by atoms with E-state index < -0.39 is 36.4 Å². The van der Waals surface area contributed by atoms with Gasteiger partial charge in [-0.15, -0.1) is 0 Å². The molecular formula is C29H46O8. The number of cyclic esters (lactones) is 1. The second-order valence-corrected chi connectivity index (χ2v) is 10.7. The Morgan fingerprint density at radius 1 is 1.22 bits per heavy atom. The summed E-state index contributed by atoms with van der Waals surface area (Å²) in [6.07, 6.45) is 7.67. The molecular weight excluding hydrogens is 476 g/mol. The first-order valence-electron chi connectivity index (χ1n) is 13.5. The van der Waals surface area contributed by atoms with Crippen LogP contribution in [0.2, 0.25) is 0 Å². The Hall–Kier alpha value is -2.00. The Bertz CT molecular complexity index is 834. The molecule has 210 valence electrons. The molecule has 0 saturated carbocycles. The van der Waals surface area contributed by atoms with E-state index in [9.17, 15) is 24.9 Å². The van der Waals surface area contributed by atoms with Crippen molar-refractivity contribution in [1.82, 2.24) is 0 Å². The lowest BCUT2D eigenvalue weighted by Crippen LogP contribution is -2.33. The standard InChI is InChI=1S/C29H46O8/c1-7-23(32)20(5)29-26(36-29)15-17(2)9-8-10-18(3)28-19(4)11-14-25(35-21(6)30)24(33)13-12-22(31)16-27(34)37-28/h8-11,14,17,19-20,22-26,28-29,31-33H,7,12-13,15-16H2,1-6H3/b9-8+,14-11-,18-10+. The molecule has 2 aliphatic heterocycles.